The zero-order valence-electron chi connectivity index (χ0n) is 20.4. The fourth-order valence-electron chi connectivity index (χ4n) is 4.84. The number of anilines is 1. The molecule has 0 bridgehead atoms. The molecule has 0 radical (unpaired) electrons. The Morgan fingerprint density at radius 3 is 2.72 bits per heavy atom. The number of likely N-dealkylation sites (tertiary alicyclic amines) is 1. The first-order valence-corrected chi connectivity index (χ1v) is 12.1. The first kappa shape index (κ1) is 23.6. The molecule has 1 saturated heterocycles. The van der Waals surface area contributed by atoms with E-state index in [9.17, 15) is 9.59 Å². The lowest BCUT2D eigenvalue weighted by molar-refractivity contribution is 0.0601. The third-order valence-corrected chi connectivity index (χ3v) is 6.63. The van der Waals surface area contributed by atoms with E-state index in [0.29, 0.717) is 43.1 Å². The molecular weight excluding hydrogens is 458 g/mol. The standard InChI is InChI=1S/C27H29N5O4/c1-35-26(33)19-10-11-20-21(14-19)29-25-23(20)24(30-22(31-25)13-17-7-4-3-5-8-17)28-15-18-9-6-12-32(16-18)27(34)36-2/h3-5,7-8,10-11,14,18H,6,9,12-13,15-16H2,1-2H3,(H2,28,29,30,31). The largest absolute Gasteiger partial charge is 0.465 e. The lowest BCUT2D eigenvalue weighted by atomic mass is 9.98. The predicted octanol–water partition coefficient (Wildman–Crippen LogP) is 4.38. The van der Waals surface area contributed by atoms with Gasteiger partial charge in [-0.2, -0.15) is 0 Å². The van der Waals surface area contributed by atoms with Crippen LogP contribution in [0.25, 0.3) is 21.9 Å². The summed E-state index contributed by atoms with van der Waals surface area (Å²) in [6, 6.07) is 15.5. The molecule has 1 aliphatic heterocycles. The van der Waals surface area contributed by atoms with E-state index < -0.39 is 5.97 Å². The van der Waals surface area contributed by atoms with Crippen molar-refractivity contribution in [1.29, 1.82) is 0 Å². The highest BCUT2D eigenvalue weighted by Gasteiger charge is 2.25. The number of nitrogens with zero attached hydrogens (tertiary/aromatic N) is 3. The molecule has 0 saturated carbocycles. The SMILES string of the molecule is COC(=O)c1ccc2c(c1)[nH]c1nc(Cc3ccccc3)nc(NCC3CCCN(C(=O)OC)C3)c12. The van der Waals surface area contributed by atoms with E-state index in [-0.39, 0.29) is 12.0 Å². The average molecular weight is 488 g/mol. The maximum atomic E-state index is 12.1. The molecule has 0 aliphatic carbocycles. The van der Waals surface area contributed by atoms with E-state index in [1.807, 2.05) is 24.3 Å². The Labute approximate surface area is 208 Å². The van der Waals surface area contributed by atoms with Crippen LogP contribution in [0.15, 0.2) is 48.5 Å². The minimum atomic E-state index is -0.391. The zero-order chi connectivity index (χ0) is 25.1. The third-order valence-electron chi connectivity index (χ3n) is 6.63. The van der Waals surface area contributed by atoms with Crippen molar-refractivity contribution < 1.29 is 19.1 Å². The Hall–Kier alpha value is -4.14. The Balaban J connectivity index is 1.49. The van der Waals surface area contributed by atoms with Crippen molar-refractivity contribution in [3.05, 3.63) is 65.5 Å². The molecule has 5 rings (SSSR count). The van der Waals surface area contributed by atoms with Gasteiger partial charge in [0, 0.05) is 37.0 Å². The van der Waals surface area contributed by atoms with Crippen LogP contribution in [0.5, 0.6) is 0 Å². The van der Waals surface area contributed by atoms with Crippen LogP contribution in [-0.2, 0) is 15.9 Å². The number of aromatic amines is 1. The summed E-state index contributed by atoms with van der Waals surface area (Å²) in [5.41, 5.74) is 3.08. The Morgan fingerprint density at radius 2 is 1.94 bits per heavy atom. The molecule has 1 fully saturated rings. The summed E-state index contributed by atoms with van der Waals surface area (Å²) in [7, 11) is 2.78. The molecule has 9 nitrogen and oxygen atoms in total. The second-order valence-electron chi connectivity index (χ2n) is 9.06. The van der Waals surface area contributed by atoms with Gasteiger partial charge < -0.3 is 24.7 Å². The van der Waals surface area contributed by atoms with Crippen molar-refractivity contribution in [2.45, 2.75) is 19.3 Å². The van der Waals surface area contributed by atoms with Crippen LogP contribution in [0.2, 0.25) is 0 Å². The van der Waals surface area contributed by atoms with E-state index >= 15 is 0 Å². The van der Waals surface area contributed by atoms with Gasteiger partial charge in [0.2, 0.25) is 0 Å². The van der Waals surface area contributed by atoms with Crippen LogP contribution >= 0.6 is 0 Å². The molecule has 1 amide bonds. The molecule has 2 N–H and O–H groups in total. The molecule has 1 unspecified atom stereocenters. The summed E-state index contributed by atoms with van der Waals surface area (Å²) < 4.78 is 9.79. The number of benzene rings is 2. The first-order valence-electron chi connectivity index (χ1n) is 12.1. The lowest BCUT2D eigenvalue weighted by Gasteiger charge is -2.31. The van der Waals surface area contributed by atoms with Crippen molar-refractivity contribution in [3.63, 3.8) is 0 Å². The van der Waals surface area contributed by atoms with E-state index in [4.69, 9.17) is 19.4 Å². The lowest BCUT2D eigenvalue weighted by Crippen LogP contribution is -2.41. The van der Waals surface area contributed by atoms with Gasteiger partial charge in [-0.15, -0.1) is 0 Å². The zero-order valence-corrected chi connectivity index (χ0v) is 20.4. The number of fused-ring (bicyclic) bond motifs is 3. The monoisotopic (exact) mass is 487 g/mol. The highest BCUT2D eigenvalue weighted by atomic mass is 16.5. The Morgan fingerprint density at radius 1 is 1.11 bits per heavy atom. The fourth-order valence-corrected chi connectivity index (χ4v) is 4.84. The number of ether oxygens (including phenoxy) is 2. The van der Waals surface area contributed by atoms with Gasteiger partial charge in [-0.05, 0) is 36.5 Å². The number of piperidine rings is 1. The minimum Gasteiger partial charge on any atom is -0.465 e. The second-order valence-corrected chi connectivity index (χ2v) is 9.06. The van der Waals surface area contributed by atoms with Gasteiger partial charge in [-0.25, -0.2) is 19.6 Å². The summed E-state index contributed by atoms with van der Waals surface area (Å²) >= 11 is 0. The van der Waals surface area contributed by atoms with Gasteiger partial charge in [-0.1, -0.05) is 36.4 Å². The maximum Gasteiger partial charge on any atom is 0.409 e. The molecule has 36 heavy (non-hydrogen) atoms. The summed E-state index contributed by atoms with van der Waals surface area (Å²) in [5, 5.41) is 5.34. The fraction of sp³-hybridized carbons (Fsp3) is 0.333. The van der Waals surface area contributed by atoms with Crippen LogP contribution in [-0.4, -0.2) is 65.8 Å². The molecule has 0 spiro atoms. The van der Waals surface area contributed by atoms with Crippen molar-refractivity contribution in [2.24, 2.45) is 5.92 Å². The number of carbonyl (C=O) groups is 2. The number of hydrogen-bond acceptors (Lipinski definition) is 7. The molecule has 1 atom stereocenters. The van der Waals surface area contributed by atoms with Gasteiger partial charge in [0.25, 0.3) is 0 Å². The van der Waals surface area contributed by atoms with Crippen molar-refractivity contribution >= 4 is 39.8 Å². The van der Waals surface area contributed by atoms with E-state index in [0.717, 1.165) is 40.5 Å². The average Bonchev–Trinajstić information content (AvgIpc) is 3.29. The third kappa shape index (κ3) is 4.82. The molecule has 4 aromatic rings. The molecule has 2 aromatic heterocycles. The van der Waals surface area contributed by atoms with Gasteiger partial charge in [0.05, 0.1) is 25.2 Å². The topological polar surface area (TPSA) is 109 Å². The number of carbonyl (C=O) groups excluding carboxylic acids is 2. The number of amides is 1. The molecular formula is C27H29N5O4. The molecule has 2 aromatic carbocycles. The highest BCUT2D eigenvalue weighted by molar-refractivity contribution is 6.12. The van der Waals surface area contributed by atoms with Gasteiger partial charge in [0.1, 0.15) is 17.3 Å². The summed E-state index contributed by atoms with van der Waals surface area (Å²) in [4.78, 5) is 38.9. The number of esters is 1. The Kier molecular flexibility index (Phi) is 6.71. The van der Waals surface area contributed by atoms with Gasteiger partial charge >= 0.3 is 12.1 Å². The number of hydrogen-bond donors (Lipinski definition) is 2. The summed E-state index contributed by atoms with van der Waals surface area (Å²) in [6.45, 7) is 2.02. The normalized spacial score (nSPS) is 15.7. The molecule has 1 aliphatic rings. The van der Waals surface area contributed by atoms with E-state index in [1.165, 1.54) is 14.2 Å². The molecule has 186 valence electrons. The molecule has 9 heteroatoms. The molecule has 3 heterocycles. The minimum absolute atomic E-state index is 0.275. The summed E-state index contributed by atoms with van der Waals surface area (Å²) in [6.07, 6.45) is 2.26. The number of H-pyrrole nitrogens is 1. The van der Waals surface area contributed by atoms with Gasteiger partial charge in [-0.3, -0.25) is 0 Å². The van der Waals surface area contributed by atoms with Crippen LogP contribution in [0.3, 0.4) is 0 Å². The predicted molar refractivity (Wildman–Crippen MR) is 137 cm³/mol. The van der Waals surface area contributed by atoms with E-state index in [2.05, 4.69) is 22.4 Å². The number of methoxy groups -OCH3 is 2. The van der Waals surface area contributed by atoms with Crippen molar-refractivity contribution in [1.82, 2.24) is 19.9 Å². The highest BCUT2D eigenvalue weighted by Crippen LogP contribution is 2.31. The number of aromatic nitrogens is 3. The number of nitrogens with one attached hydrogen (secondary N) is 2. The second kappa shape index (κ2) is 10.2. The van der Waals surface area contributed by atoms with Crippen molar-refractivity contribution in [2.75, 3.05) is 39.2 Å². The van der Waals surface area contributed by atoms with E-state index in [1.54, 1.807) is 17.0 Å². The van der Waals surface area contributed by atoms with Crippen LogP contribution < -0.4 is 5.32 Å². The van der Waals surface area contributed by atoms with Crippen LogP contribution in [0, 0.1) is 5.92 Å². The maximum absolute atomic E-state index is 12.1. The van der Waals surface area contributed by atoms with Crippen LogP contribution in [0.1, 0.15) is 34.6 Å². The quantitative estimate of drug-likeness (QED) is 0.389. The first-order chi connectivity index (χ1) is 17.6. The smallest absolute Gasteiger partial charge is 0.409 e. The summed E-state index contributed by atoms with van der Waals surface area (Å²) in [5.74, 6) is 1.31. The Bertz CT molecular complexity index is 1400. The number of rotatable bonds is 6. The van der Waals surface area contributed by atoms with Crippen molar-refractivity contribution in [3.8, 4) is 0 Å². The van der Waals surface area contributed by atoms with Crippen LogP contribution in [0.4, 0.5) is 10.6 Å². The van der Waals surface area contributed by atoms with Gasteiger partial charge in [0.15, 0.2) is 0 Å².